The van der Waals surface area contributed by atoms with Gasteiger partial charge in [0.15, 0.2) is 6.10 Å². The third-order valence-corrected chi connectivity index (χ3v) is 10.3. The summed E-state index contributed by atoms with van der Waals surface area (Å²) in [5, 5.41) is 11.6. The largest absolute Gasteiger partial charge is 0.544 e. The molecule has 0 amide bonds. The number of aliphatic carboxylic acids is 1. The minimum atomic E-state index is -1.13. The van der Waals surface area contributed by atoms with E-state index < -0.39 is 18.1 Å². The average Bonchev–Trinajstić information content (AvgIpc) is 3.22. The van der Waals surface area contributed by atoms with Crippen LogP contribution in [0.2, 0.25) is 0 Å². The third kappa shape index (κ3) is 41.6. The second-order valence-corrected chi connectivity index (χ2v) is 17.0. The highest BCUT2D eigenvalue weighted by Crippen LogP contribution is 2.13. The van der Waals surface area contributed by atoms with Gasteiger partial charge in [-0.05, 0) is 89.9 Å². The zero-order valence-electron chi connectivity index (χ0n) is 39.5. The summed E-state index contributed by atoms with van der Waals surface area (Å²) in [6, 6.07) is -0.736. The summed E-state index contributed by atoms with van der Waals surface area (Å²) < 4.78 is 17.2. The smallest absolute Gasteiger partial charge is 0.306 e. The van der Waals surface area contributed by atoms with Crippen LogP contribution in [0.5, 0.6) is 0 Å². The summed E-state index contributed by atoms with van der Waals surface area (Å²) in [5.74, 6) is -1.78. The molecule has 0 saturated heterocycles. The summed E-state index contributed by atoms with van der Waals surface area (Å²) in [6.07, 6.45) is 56.0. The van der Waals surface area contributed by atoms with Crippen LogP contribution in [0.25, 0.3) is 0 Å². The summed E-state index contributed by atoms with van der Waals surface area (Å²) >= 11 is 0. The Morgan fingerprint density at radius 3 is 1.36 bits per heavy atom. The Balaban J connectivity index is 4.37. The molecular formula is C53H89NO7. The maximum Gasteiger partial charge on any atom is 0.306 e. The summed E-state index contributed by atoms with van der Waals surface area (Å²) in [4.78, 5) is 37.0. The van der Waals surface area contributed by atoms with E-state index in [1.807, 2.05) is 0 Å². The van der Waals surface area contributed by atoms with Crippen LogP contribution in [0.15, 0.2) is 85.1 Å². The number of unbranched alkanes of at least 4 members (excludes halogenated alkanes) is 14. The van der Waals surface area contributed by atoms with Gasteiger partial charge in [-0.1, -0.05) is 157 Å². The Hall–Kier alpha value is -3.49. The molecule has 2 unspecified atom stereocenters. The Labute approximate surface area is 373 Å². The molecule has 0 bridgehead atoms. The van der Waals surface area contributed by atoms with E-state index >= 15 is 0 Å². The monoisotopic (exact) mass is 852 g/mol. The molecular weight excluding hydrogens is 763 g/mol. The molecule has 0 spiro atoms. The van der Waals surface area contributed by atoms with E-state index in [2.05, 4.69) is 98.9 Å². The van der Waals surface area contributed by atoms with Crippen molar-refractivity contribution < 1.29 is 38.2 Å². The van der Waals surface area contributed by atoms with Crippen LogP contribution in [0.4, 0.5) is 0 Å². The zero-order valence-corrected chi connectivity index (χ0v) is 39.5. The predicted octanol–water partition coefficient (Wildman–Crippen LogP) is 12.4. The number of esters is 2. The first-order valence-corrected chi connectivity index (χ1v) is 24.1. The van der Waals surface area contributed by atoms with Gasteiger partial charge in [-0.2, -0.15) is 0 Å². The van der Waals surface area contributed by atoms with Crippen molar-refractivity contribution in [3.05, 3.63) is 85.1 Å². The zero-order chi connectivity index (χ0) is 44.9. The molecule has 61 heavy (non-hydrogen) atoms. The quantitative estimate of drug-likeness (QED) is 0.0261. The van der Waals surface area contributed by atoms with Crippen molar-refractivity contribution in [2.24, 2.45) is 0 Å². The molecule has 0 heterocycles. The molecule has 0 aliphatic rings. The van der Waals surface area contributed by atoms with Gasteiger partial charge >= 0.3 is 11.9 Å². The number of likely N-dealkylation sites (N-methyl/N-ethyl adjacent to an activating group) is 1. The van der Waals surface area contributed by atoms with Gasteiger partial charge in [-0.15, -0.1) is 0 Å². The third-order valence-electron chi connectivity index (χ3n) is 10.3. The number of nitrogens with zero attached hydrogens (tertiary/aromatic N) is 1. The Morgan fingerprint density at radius 1 is 0.508 bits per heavy atom. The van der Waals surface area contributed by atoms with Crippen LogP contribution in [0.1, 0.15) is 181 Å². The second-order valence-electron chi connectivity index (χ2n) is 17.0. The van der Waals surface area contributed by atoms with Crippen molar-refractivity contribution in [1.82, 2.24) is 0 Å². The molecule has 0 aliphatic carbocycles. The number of carboxylic acid groups (broad SMARTS) is 1. The highest BCUT2D eigenvalue weighted by Gasteiger charge is 2.25. The molecule has 0 rings (SSSR count). The molecule has 0 radical (unpaired) electrons. The van der Waals surface area contributed by atoms with Gasteiger partial charge in [0.25, 0.3) is 0 Å². The van der Waals surface area contributed by atoms with Gasteiger partial charge in [0, 0.05) is 19.3 Å². The molecule has 0 aliphatic heterocycles. The number of ether oxygens (including phenoxy) is 3. The number of carboxylic acids is 1. The standard InChI is InChI=1S/C53H89NO7/c1-6-8-10-12-14-16-18-20-22-24-25-26-28-29-31-33-35-37-39-41-43-51(55)60-48-49(47-59-46-45-50(53(57)58)54(3,4)5)61-52(56)44-42-40-38-36-34-32-30-27-23-21-19-17-15-13-11-9-7-2/h8,10,14-17,20-23,25-26,29,31,49-50H,6-7,9,11-13,18-19,24,27-28,30,32-48H2,1-5H3/b10-8+,16-14+,17-15+,22-20+,23-21+,26-25+,31-29+. The van der Waals surface area contributed by atoms with E-state index in [-0.39, 0.29) is 42.7 Å². The van der Waals surface area contributed by atoms with Gasteiger partial charge in [0.2, 0.25) is 0 Å². The van der Waals surface area contributed by atoms with E-state index in [4.69, 9.17) is 14.2 Å². The van der Waals surface area contributed by atoms with Crippen LogP contribution in [-0.2, 0) is 28.6 Å². The average molecular weight is 852 g/mol. The number of carbonyl (C=O) groups excluding carboxylic acids is 3. The SMILES string of the molecule is CC/C=C/C/C=C/C/C=C/C/C=C/C/C=C/CCCCCCC(=O)OCC(COCCC(C(=O)[O-])[N+](C)(C)C)OC(=O)CCCCCCCCC/C=C/C/C=C/CCCCC. The first-order chi connectivity index (χ1) is 29.6. The number of allylic oxidation sites excluding steroid dienone is 14. The first kappa shape index (κ1) is 57.5. The van der Waals surface area contributed by atoms with Crippen molar-refractivity contribution in [1.29, 1.82) is 0 Å². The van der Waals surface area contributed by atoms with Crippen molar-refractivity contribution in [3.8, 4) is 0 Å². The van der Waals surface area contributed by atoms with Gasteiger partial charge in [0.1, 0.15) is 12.6 Å². The van der Waals surface area contributed by atoms with E-state index in [1.54, 1.807) is 21.1 Å². The van der Waals surface area contributed by atoms with Crippen LogP contribution < -0.4 is 5.11 Å². The van der Waals surface area contributed by atoms with E-state index in [9.17, 15) is 19.5 Å². The van der Waals surface area contributed by atoms with Crippen molar-refractivity contribution in [2.75, 3.05) is 41.0 Å². The Morgan fingerprint density at radius 2 is 0.918 bits per heavy atom. The highest BCUT2D eigenvalue weighted by molar-refractivity contribution is 5.70. The number of carbonyl (C=O) groups is 3. The summed E-state index contributed by atoms with van der Waals surface area (Å²) in [6.45, 7) is 4.48. The summed E-state index contributed by atoms with van der Waals surface area (Å²) in [7, 11) is 5.39. The molecule has 0 fully saturated rings. The maximum absolute atomic E-state index is 12.8. The minimum absolute atomic E-state index is 0.0245. The number of quaternary nitrogens is 1. The summed E-state index contributed by atoms with van der Waals surface area (Å²) in [5.41, 5.74) is 0. The molecule has 348 valence electrons. The first-order valence-electron chi connectivity index (χ1n) is 24.1. The predicted molar refractivity (Wildman–Crippen MR) is 254 cm³/mol. The van der Waals surface area contributed by atoms with Crippen LogP contribution in [0, 0.1) is 0 Å². The van der Waals surface area contributed by atoms with Crippen molar-refractivity contribution in [3.63, 3.8) is 0 Å². The number of hydrogen-bond donors (Lipinski definition) is 0. The lowest BCUT2D eigenvalue weighted by atomic mass is 10.1. The maximum atomic E-state index is 12.8. The van der Waals surface area contributed by atoms with Gasteiger partial charge in [0.05, 0.1) is 40.3 Å². The molecule has 0 N–H and O–H groups in total. The lowest BCUT2D eigenvalue weighted by Gasteiger charge is -2.34. The fourth-order valence-electron chi connectivity index (χ4n) is 6.54. The van der Waals surface area contributed by atoms with Crippen LogP contribution in [-0.4, -0.2) is 75.5 Å². The lowest BCUT2D eigenvalue weighted by molar-refractivity contribution is -0.889. The van der Waals surface area contributed by atoms with Gasteiger partial charge in [-0.25, -0.2) is 0 Å². The molecule has 8 nitrogen and oxygen atoms in total. The van der Waals surface area contributed by atoms with E-state index in [0.29, 0.717) is 12.8 Å². The van der Waals surface area contributed by atoms with Crippen molar-refractivity contribution in [2.45, 2.75) is 193 Å². The lowest BCUT2D eigenvalue weighted by Crippen LogP contribution is -2.55. The molecule has 8 heteroatoms. The molecule has 0 saturated carbocycles. The normalized spacial score (nSPS) is 13.7. The van der Waals surface area contributed by atoms with Gasteiger partial charge < -0.3 is 28.6 Å². The minimum Gasteiger partial charge on any atom is -0.544 e. The number of hydrogen-bond acceptors (Lipinski definition) is 7. The van der Waals surface area contributed by atoms with Gasteiger partial charge in [-0.3, -0.25) is 9.59 Å². The van der Waals surface area contributed by atoms with Crippen molar-refractivity contribution >= 4 is 17.9 Å². The van der Waals surface area contributed by atoms with E-state index in [1.165, 1.54) is 44.9 Å². The fourth-order valence-corrected chi connectivity index (χ4v) is 6.54. The molecule has 2 atom stereocenters. The number of rotatable bonds is 42. The van der Waals surface area contributed by atoms with Crippen LogP contribution in [0.3, 0.4) is 0 Å². The Bertz CT molecular complexity index is 1270. The van der Waals surface area contributed by atoms with E-state index in [0.717, 1.165) is 103 Å². The molecule has 0 aromatic rings. The Kier molecular flexibility index (Phi) is 40.7. The topological polar surface area (TPSA) is 102 Å². The highest BCUT2D eigenvalue weighted by atomic mass is 16.6. The second kappa shape index (κ2) is 43.2. The molecule has 0 aromatic carbocycles. The fraction of sp³-hybridized carbons (Fsp3) is 0.679. The molecule has 0 aromatic heterocycles. The van der Waals surface area contributed by atoms with Crippen LogP contribution >= 0.6 is 0 Å².